The Balaban J connectivity index is 1.88. The Morgan fingerprint density at radius 2 is 2.05 bits per heavy atom. The average molecular weight is 283 g/mol. The molecule has 0 aliphatic rings. The summed E-state index contributed by atoms with van der Waals surface area (Å²) in [5.74, 6) is 0.527. The lowest BCUT2D eigenvalue weighted by molar-refractivity contribution is 1.15. The number of thiazole rings is 1. The van der Waals surface area contributed by atoms with Gasteiger partial charge in [-0.2, -0.15) is 0 Å². The van der Waals surface area contributed by atoms with Crippen LogP contribution in [0.4, 0.5) is 17.3 Å². The van der Waals surface area contributed by atoms with Gasteiger partial charge in [-0.05, 0) is 31.2 Å². The van der Waals surface area contributed by atoms with E-state index in [0.717, 1.165) is 22.1 Å². The number of nitrogen functional groups attached to an aromatic ring is 1. The molecule has 0 aliphatic carbocycles. The zero-order chi connectivity index (χ0) is 13.9. The highest BCUT2D eigenvalue weighted by molar-refractivity contribution is 7.09. The van der Waals surface area contributed by atoms with Gasteiger partial charge in [-0.15, -0.1) is 11.3 Å². The van der Waals surface area contributed by atoms with Crippen molar-refractivity contribution in [3.63, 3.8) is 0 Å². The van der Waals surface area contributed by atoms with E-state index in [1.54, 1.807) is 17.5 Å². The lowest BCUT2D eigenvalue weighted by atomic mass is 10.3. The lowest BCUT2D eigenvalue weighted by Crippen LogP contribution is -1.98. The molecule has 5 nitrogen and oxygen atoms in total. The van der Waals surface area contributed by atoms with E-state index in [0.29, 0.717) is 11.6 Å². The van der Waals surface area contributed by atoms with Crippen molar-refractivity contribution in [3.8, 4) is 11.4 Å². The molecule has 6 heteroatoms. The topological polar surface area (TPSA) is 76.7 Å². The van der Waals surface area contributed by atoms with Gasteiger partial charge in [0.1, 0.15) is 5.69 Å². The second-order valence-electron chi connectivity index (χ2n) is 4.27. The number of benzene rings is 1. The highest BCUT2D eigenvalue weighted by Crippen LogP contribution is 2.21. The van der Waals surface area contributed by atoms with E-state index < -0.39 is 0 Å². The van der Waals surface area contributed by atoms with Gasteiger partial charge < -0.3 is 11.1 Å². The predicted molar refractivity (Wildman–Crippen MR) is 82.0 cm³/mol. The van der Waals surface area contributed by atoms with E-state index in [2.05, 4.69) is 20.3 Å². The summed E-state index contributed by atoms with van der Waals surface area (Å²) in [5, 5.41) is 6.14. The van der Waals surface area contributed by atoms with Crippen LogP contribution in [0.1, 0.15) is 5.01 Å². The molecule has 3 N–H and O–H groups in total. The summed E-state index contributed by atoms with van der Waals surface area (Å²) in [6.45, 7) is 1.97. The molecule has 0 saturated carbocycles. The van der Waals surface area contributed by atoms with Gasteiger partial charge >= 0.3 is 0 Å². The molecular weight excluding hydrogens is 270 g/mol. The van der Waals surface area contributed by atoms with Gasteiger partial charge in [0, 0.05) is 23.0 Å². The molecule has 100 valence electrons. The van der Waals surface area contributed by atoms with Crippen molar-refractivity contribution >= 4 is 28.7 Å². The smallest absolute Gasteiger partial charge is 0.227 e. The number of rotatable bonds is 3. The monoisotopic (exact) mass is 283 g/mol. The van der Waals surface area contributed by atoms with E-state index in [1.165, 1.54) is 0 Å². The number of hydrogen-bond donors (Lipinski definition) is 2. The summed E-state index contributed by atoms with van der Waals surface area (Å²) in [4.78, 5) is 13.1. The Labute approximate surface area is 120 Å². The van der Waals surface area contributed by atoms with Crippen molar-refractivity contribution in [2.24, 2.45) is 0 Å². The fraction of sp³-hybridized carbons (Fsp3) is 0.0714. The molecule has 0 fully saturated rings. The normalized spacial score (nSPS) is 10.4. The summed E-state index contributed by atoms with van der Waals surface area (Å²) in [7, 11) is 0. The fourth-order valence-corrected chi connectivity index (χ4v) is 2.39. The molecule has 2 aromatic heterocycles. The van der Waals surface area contributed by atoms with Gasteiger partial charge in [-0.3, -0.25) is 0 Å². The lowest BCUT2D eigenvalue weighted by Gasteiger charge is -2.06. The minimum absolute atomic E-state index is 0.527. The Bertz CT molecular complexity index is 738. The summed E-state index contributed by atoms with van der Waals surface area (Å²) in [6.07, 6.45) is 1.71. The average Bonchev–Trinajstić information content (AvgIpc) is 2.86. The second kappa shape index (κ2) is 5.26. The van der Waals surface area contributed by atoms with Crippen LogP contribution in [-0.4, -0.2) is 15.0 Å². The molecule has 0 aliphatic heterocycles. The molecule has 20 heavy (non-hydrogen) atoms. The molecule has 0 amide bonds. The number of nitrogens with two attached hydrogens (primary N) is 1. The third kappa shape index (κ3) is 2.75. The molecule has 1 aromatic carbocycles. The Hall–Kier alpha value is -2.47. The first-order valence-corrected chi connectivity index (χ1v) is 6.97. The molecule has 0 unspecified atom stereocenters. The van der Waals surface area contributed by atoms with E-state index in [1.807, 2.05) is 42.6 Å². The SMILES string of the molecule is Cc1nc(-c2ccnc(Nc3cccc(N)c3)n2)cs1. The summed E-state index contributed by atoms with van der Waals surface area (Å²) < 4.78 is 0. The predicted octanol–water partition coefficient (Wildman–Crippen LogP) is 3.23. The van der Waals surface area contributed by atoms with E-state index in [9.17, 15) is 0 Å². The molecule has 0 atom stereocenters. The van der Waals surface area contributed by atoms with Gasteiger partial charge in [-0.25, -0.2) is 15.0 Å². The van der Waals surface area contributed by atoms with Crippen LogP contribution in [0, 0.1) is 6.92 Å². The molecule has 0 saturated heterocycles. The first kappa shape index (κ1) is 12.6. The number of nitrogens with one attached hydrogen (secondary N) is 1. The largest absolute Gasteiger partial charge is 0.399 e. The Kier molecular flexibility index (Phi) is 3.30. The standard InChI is InChI=1S/C14H13N5S/c1-9-17-13(8-20-9)12-5-6-16-14(19-12)18-11-4-2-3-10(15)7-11/h2-8H,15H2,1H3,(H,16,18,19). The van der Waals surface area contributed by atoms with Gasteiger partial charge in [-0.1, -0.05) is 6.07 Å². The molecule has 2 heterocycles. The molecule has 0 spiro atoms. The van der Waals surface area contributed by atoms with Crippen molar-refractivity contribution in [1.29, 1.82) is 0 Å². The summed E-state index contributed by atoms with van der Waals surface area (Å²) in [5.41, 5.74) is 8.97. The highest BCUT2D eigenvalue weighted by Gasteiger charge is 2.05. The van der Waals surface area contributed by atoms with Crippen LogP contribution < -0.4 is 11.1 Å². The van der Waals surface area contributed by atoms with E-state index in [4.69, 9.17) is 5.73 Å². The Morgan fingerprint density at radius 3 is 2.80 bits per heavy atom. The quantitative estimate of drug-likeness (QED) is 0.722. The maximum atomic E-state index is 5.75. The minimum Gasteiger partial charge on any atom is -0.399 e. The molecule has 3 aromatic rings. The van der Waals surface area contributed by atoms with Crippen molar-refractivity contribution < 1.29 is 0 Å². The first-order chi connectivity index (χ1) is 9.70. The van der Waals surface area contributed by atoms with Crippen LogP contribution in [0.2, 0.25) is 0 Å². The Morgan fingerprint density at radius 1 is 1.15 bits per heavy atom. The zero-order valence-electron chi connectivity index (χ0n) is 10.9. The summed E-state index contributed by atoms with van der Waals surface area (Å²) in [6, 6.07) is 9.31. The van der Waals surface area contributed by atoms with Crippen LogP contribution in [0.3, 0.4) is 0 Å². The first-order valence-electron chi connectivity index (χ1n) is 6.09. The van der Waals surface area contributed by atoms with Crippen LogP contribution >= 0.6 is 11.3 Å². The van der Waals surface area contributed by atoms with Crippen molar-refractivity contribution in [2.75, 3.05) is 11.1 Å². The molecule has 0 radical (unpaired) electrons. The van der Waals surface area contributed by atoms with Gasteiger partial charge in [0.15, 0.2) is 0 Å². The maximum Gasteiger partial charge on any atom is 0.227 e. The van der Waals surface area contributed by atoms with Crippen LogP contribution in [0.5, 0.6) is 0 Å². The third-order valence-electron chi connectivity index (χ3n) is 2.68. The maximum absolute atomic E-state index is 5.75. The molecule has 3 rings (SSSR count). The second-order valence-corrected chi connectivity index (χ2v) is 5.33. The summed E-state index contributed by atoms with van der Waals surface area (Å²) >= 11 is 1.60. The molecule has 0 bridgehead atoms. The molecular formula is C14H13N5S. The zero-order valence-corrected chi connectivity index (χ0v) is 11.7. The number of aromatic nitrogens is 3. The van der Waals surface area contributed by atoms with Crippen LogP contribution in [0.15, 0.2) is 41.9 Å². The van der Waals surface area contributed by atoms with Crippen LogP contribution in [-0.2, 0) is 0 Å². The van der Waals surface area contributed by atoms with Gasteiger partial charge in [0.05, 0.1) is 10.7 Å². The van der Waals surface area contributed by atoms with Crippen LogP contribution in [0.25, 0.3) is 11.4 Å². The van der Waals surface area contributed by atoms with Crippen molar-refractivity contribution in [2.45, 2.75) is 6.92 Å². The number of hydrogen-bond acceptors (Lipinski definition) is 6. The highest BCUT2D eigenvalue weighted by atomic mass is 32.1. The van der Waals surface area contributed by atoms with E-state index in [-0.39, 0.29) is 0 Å². The fourth-order valence-electron chi connectivity index (χ4n) is 1.79. The van der Waals surface area contributed by atoms with Gasteiger partial charge in [0.2, 0.25) is 5.95 Å². The van der Waals surface area contributed by atoms with Crippen molar-refractivity contribution in [3.05, 3.63) is 46.9 Å². The number of aryl methyl sites for hydroxylation is 1. The third-order valence-corrected chi connectivity index (χ3v) is 3.45. The number of anilines is 3. The van der Waals surface area contributed by atoms with Gasteiger partial charge in [0.25, 0.3) is 0 Å². The number of nitrogens with zero attached hydrogens (tertiary/aromatic N) is 3. The van der Waals surface area contributed by atoms with E-state index >= 15 is 0 Å². The van der Waals surface area contributed by atoms with Crippen molar-refractivity contribution in [1.82, 2.24) is 15.0 Å². The minimum atomic E-state index is 0.527.